The molecule has 2 aromatic heterocycles. The smallest absolute Gasteiger partial charge is 0.282 e. The fourth-order valence-corrected chi connectivity index (χ4v) is 2.57. The second-order valence-corrected chi connectivity index (χ2v) is 5.88. The molecule has 0 spiro atoms. The van der Waals surface area contributed by atoms with Gasteiger partial charge in [-0.15, -0.1) is 5.10 Å². The van der Waals surface area contributed by atoms with Crippen molar-refractivity contribution in [2.24, 2.45) is 7.05 Å². The Bertz CT molecular complexity index is 873. The number of benzene rings is 1. The van der Waals surface area contributed by atoms with Crippen molar-refractivity contribution in [2.45, 2.75) is 13.0 Å². The molecule has 0 saturated heterocycles. The molecule has 3 rings (SSSR count). The lowest BCUT2D eigenvalue weighted by Crippen LogP contribution is -2.22. The van der Waals surface area contributed by atoms with Crippen LogP contribution >= 0.6 is 15.9 Å². The van der Waals surface area contributed by atoms with Crippen LogP contribution in [0.3, 0.4) is 0 Å². The SMILES string of the molecule is CC(Nc1cnn(C)c(=O)c1Br)c1cn(-c2ccccc2)nn1. The Morgan fingerprint density at radius 1 is 1.26 bits per heavy atom. The van der Waals surface area contributed by atoms with E-state index in [1.54, 1.807) is 17.9 Å². The maximum absolute atomic E-state index is 11.9. The van der Waals surface area contributed by atoms with Crippen LogP contribution in [-0.2, 0) is 7.05 Å². The van der Waals surface area contributed by atoms with E-state index in [-0.39, 0.29) is 11.6 Å². The lowest BCUT2D eigenvalue weighted by Gasteiger charge is -2.13. The van der Waals surface area contributed by atoms with Crippen LogP contribution in [0.4, 0.5) is 5.69 Å². The standard InChI is InChI=1S/C15H15BrN6O/c1-10(18-12-8-17-21(2)15(23)14(12)16)13-9-22(20-19-13)11-6-4-3-5-7-11/h3-10,18H,1-2H3. The molecule has 0 amide bonds. The van der Waals surface area contributed by atoms with Crippen LogP contribution in [0.1, 0.15) is 18.7 Å². The molecule has 23 heavy (non-hydrogen) atoms. The predicted molar refractivity (Wildman–Crippen MR) is 90.6 cm³/mol. The number of rotatable bonds is 4. The minimum Gasteiger partial charge on any atom is -0.374 e. The first-order chi connectivity index (χ1) is 11.1. The summed E-state index contributed by atoms with van der Waals surface area (Å²) >= 11 is 3.30. The van der Waals surface area contributed by atoms with E-state index in [9.17, 15) is 4.79 Å². The highest BCUT2D eigenvalue weighted by Gasteiger charge is 2.14. The largest absolute Gasteiger partial charge is 0.374 e. The van der Waals surface area contributed by atoms with Crippen LogP contribution in [-0.4, -0.2) is 24.8 Å². The van der Waals surface area contributed by atoms with Crippen molar-refractivity contribution in [3.63, 3.8) is 0 Å². The van der Waals surface area contributed by atoms with Crippen LogP contribution in [0.2, 0.25) is 0 Å². The van der Waals surface area contributed by atoms with Gasteiger partial charge in [-0.3, -0.25) is 4.79 Å². The lowest BCUT2D eigenvalue weighted by molar-refractivity contribution is 0.700. The molecule has 0 bridgehead atoms. The number of nitrogens with one attached hydrogen (secondary N) is 1. The number of nitrogens with zero attached hydrogens (tertiary/aromatic N) is 5. The maximum Gasteiger partial charge on any atom is 0.282 e. The monoisotopic (exact) mass is 374 g/mol. The molecule has 0 aliphatic heterocycles. The van der Waals surface area contributed by atoms with E-state index < -0.39 is 0 Å². The minimum atomic E-state index is -0.199. The Kier molecular flexibility index (Phi) is 4.24. The number of aryl methyl sites for hydroxylation is 1. The third-order valence-corrected chi connectivity index (χ3v) is 4.19. The van der Waals surface area contributed by atoms with Gasteiger partial charge in [0.15, 0.2) is 0 Å². The van der Waals surface area contributed by atoms with E-state index in [1.807, 2.05) is 43.5 Å². The molecule has 7 nitrogen and oxygen atoms in total. The summed E-state index contributed by atoms with van der Waals surface area (Å²) in [4.78, 5) is 11.9. The van der Waals surface area contributed by atoms with Gasteiger partial charge in [-0.2, -0.15) is 5.10 Å². The normalized spacial score (nSPS) is 12.1. The van der Waals surface area contributed by atoms with Gasteiger partial charge in [-0.25, -0.2) is 9.36 Å². The number of para-hydroxylation sites is 1. The zero-order chi connectivity index (χ0) is 16.4. The van der Waals surface area contributed by atoms with Gasteiger partial charge in [0.1, 0.15) is 10.2 Å². The van der Waals surface area contributed by atoms with E-state index in [0.29, 0.717) is 10.2 Å². The van der Waals surface area contributed by atoms with Gasteiger partial charge >= 0.3 is 0 Å². The van der Waals surface area contributed by atoms with Gasteiger partial charge in [-0.1, -0.05) is 23.4 Å². The van der Waals surface area contributed by atoms with E-state index in [2.05, 4.69) is 36.7 Å². The summed E-state index contributed by atoms with van der Waals surface area (Å²) in [6.07, 6.45) is 3.46. The molecular formula is C15H15BrN6O. The Balaban J connectivity index is 1.82. The zero-order valence-corrected chi connectivity index (χ0v) is 14.2. The van der Waals surface area contributed by atoms with Gasteiger partial charge in [0.05, 0.1) is 29.8 Å². The number of anilines is 1. The fourth-order valence-electron chi connectivity index (χ4n) is 2.10. The lowest BCUT2D eigenvalue weighted by atomic mass is 10.2. The average Bonchev–Trinajstić information content (AvgIpc) is 3.06. The van der Waals surface area contributed by atoms with Crippen LogP contribution < -0.4 is 10.9 Å². The predicted octanol–water partition coefficient (Wildman–Crippen LogP) is 2.30. The summed E-state index contributed by atoms with van der Waals surface area (Å²) in [5.41, 5.74) is 2.13. The molecule has 0 fully saturated rings. The molecule has 1 N–H and O–H groups in total. The average molecular weight is 375 g/mol. The van der Waals surface area contributed by atoms with Crippen molar-refractivity contribution in [2.75, 3.05) is 5.32 Å². The van der Waals surface area contributed by atoms with E-state index >= 15 is 0 Å². The first-order valence-electron chi connectivity index (χ1n) is 7.02. The Hall–Kier alpha value is -2.48. The second-order valence-electron chi connectivity index (χ2n) is 5.09. The van der Waals surface area contributed by atoms with E-state index in [4.69, 9.17) is 0 Å². The molecule has 1 atom stereocenters. The fraction of sp³-hybridized carbons (Fsp3) is 0.200. The maximum atomic E-state index is 11.9. The van der Waals surface area contributed by atoms with Crippen LogP contribution in [0.25, 0.3) is 5.69 Å². The highest BCUT2D eigenvalue weighted by molar-refractivity contribution is 9.10. The van der Waals surface area contributed by atoms with Crippen molar-refractivity contribution in [3.8, 4) is 5.69 Å². The van der Waals surface area contributed by atoms with Crippen molar-refractivity contribution < 1.29 is 0 Å². The molecule has 3 aromatic rings. The third kappa shape index (κ3) is 3.16. The number of aromatic nitrogens is 5. The summed E-state index contributed by atoms with van der Waals surface area (Å²) in [6.45, 7) is 1.95. The molecule has 2 heterocycles. The Labute approximate surface area is 141 Å². The summed E-state index contributed by atoms with van der Waals surface area (Å²) in [5, 5.41) is 15.6. The van der Waals surface area contributed by atoms with Gasteiger partial charge < -0.3 is 5.32 Å². The molecule has 0 aliphatic carbocycles. The molecule has 1 unspecified atom stereocenters. The van der Waals surface area contributed by atoms with Gasteiger partial charge in [0.2, 0.25) is 0 Å². The number of hydrogen-bond donors (Lipinski definition) is 1. The Morgan fingerprint density at radius 3 is 2.74 bits per heavy atom. The number of halogens is 1. The zero-order valence-electron chi connectivity index (χ0n) is 12.6. The first-order valence-corrected chi connectivity index (χ1v) is 7.81. The minimum absolute atomic E-state index is 0.127. The summed E-state index contributed by atoms with van der Waals surface area (Å²) in [6, 6.07) is 9.63. The van der Waals surface area contributed by atoms with Crippen LogP contribution in [0.5, 0.6) is 0 Å². The van der Waals surface area contributed by atoms with Gasteiger partial charge in [0.25, 0.3) is 5.56 Å². The molecule has 0 radical (unpaired) electrons. The van der Waals surface area contributed by atoms with Crippen molar-refractivity contribution in [1.82, 2.24) is 24.8 Å². The molecule has 0 aliphatic rings. The molecule has 0 saturated carbocycles. The molecular weight excluding hydrogens is 360 g/mol. The first kappa shape index (κ1) is 15.4. The quantitative estimate of drug-likeness (QED) is 0.757. The van der Waals surface area contributed by atoms with Gasteiger partial charge in [0, 0.05) is 7.05 Å². The Morgan fingerprint density at radius 2 is 2.00 bits per heavy atom. The van der Waals surface area contributed by atoms with Crippen molar-refractivity contribution in [1.29, 1.82) is 0 Å². The topological polar surface area (TPSA) is 77.6 Å². The molecule has 1 aromatic carbocycles. The third-order valence-electron chi connectivity index (χ3n) is 3.43. The van der Waals surface area contributed by atoms with Crippen LogP contribution in [0, 0.1) is 0 Å². The van der Waals surface area contributed by atoms with Crippen LogP contribution in [0.15, 0.2) is 52.0 Å². The highest BCUT2D eigenvalue weighted by atomic mass is 79.9. The summed E-state index contributed by atoms with van der Waals surface area (Å²) in [5.74, 6) is 0. The van der Waals surface area contributed by atoms with Crippen molar-refractivity contribution >= 4 is 21.6 Å². The summed E-state index contributed by atoms with van der Waals surface area (Å²) in [7, 11) is 1.60. The second kappa shape index (κ2) is 6.33. The number of hydrogen-bond acceptors (Lipinski definition) is 5. The van der Waals surface area contributed by atoms with E-state index in [0.717, 1.165) is 11.4 Å². The summed E-state index contributed by atoms with van der Waals surface area (Å²) < 4.78 is 3.42. The highest BCUT2D eigenvalue weighted by Crippen LogP contribution is 2.22. The van der Waals surface area contributed by atoms with Gasteiger partial charge in [-0.05, 0) is 35.0 Å². The molecule has 8 heteroatoms. The van der Waals surface area contributed by atoms with Crippen molar-refractivity contribution in [3.05, 3.63) is 63.2 Å². The van der Waals surface area contributed by atoms with E-state index in [1.165, 1.54) is 4.68 Å². The molecule has 118 valence electrons.